The van der Waals surface area contributed by atoms with Gasteiger partial charge in [0.05, 0.1) is 6.61 Å². The predicted molar refractivity (Wildman–Crippen MR) is 60.5 cm³/mol. The van der Waals surface area contributed by atoms with Gasteiger partial charge in [0.25, 0.3) is 0 Å². The van der Waals surface area contributed by atoms with Crippen LogP contribution < -0.4 is 5.32 Å². The van der Waals surface area contributed by atoms with Crippen molar-refractivity contribution in [3.63, 3.8) is 0 Å². The van der Waals surface area contributed by atoms with E-state index in [9.17, 15) is 0 Å². The van der Waals surface area contributed by atoms with E-state index in [1.807, 2.05) is 6.92 Å². The van der Waals surface area contributed by atoms with Crippen molar-refractivity contribution in [2.75, 3.05) is 19.8 Å². The first-order valence-corrected chi connectivity index (χ1v) is 6.06. The van der Waals surface area contributed by atoms with E-state index in [-0.39, 0.29) is 0 Å². The Morgan fingerprint density at radius 2 is 1.86 bits per heavy atom. The van der Waals surface area contributed by atoms with Gasteiger partial charge in [0.1, 0.15) is 0 Å². The molecule has 1 saturated carbocycles. The van der Waals surface area contributed by atoms with Crippen LogP contribution >= 0.6 is 0 Å². The van der Waals surface area contributed by atoms with Crippen molar-refractivity contribution in [2.45, 2.75) is 46.1 Å². The summed E-state index contributed by atoms with van der Waals surface area (Å²) in [7, 11) is 0. The second kappa shape index (κ2) is 6.41. The average molecular weight is 199 g/mol. The molecule has 84 valence electrons. The summed E-state index contributed by atoms with van der Waals surface area (Å²) in [6, 6.07) is 0.712. The Kier molecular flexibility index (Phi) is 5.49. The molecule has 0 bridgehead atoms. The van der Waals surface area contributed by atoms with Crippen molar-refractivity contribution in [1.82, 2.24) is 5.32 Å². The maximum absolute atomic E-state index is 5.33. The third-order valence-corrected chi connectivity index (χ3v) is 3.38. The molecule has 1 fully saturated rings. The zero-order chi connectivity index (χ0) is 10.4. The van der Waals surface area contributed by atoms with E-state index < -0.39 is 0 Å². The maximum atomic E-state index is 5.33. The van der Waals surface area contributed by atoms with E-state index >= 15 is 0 Å². The van der Waals surface area contributed by atoms with E-state index in [1.165, 1.54) is 19.3 Å². The molecule has 0 heterocycles. The van der Waals surface area contributed by atoms with Gasteiger partial charge in [-0.1, -0.05) is 20.3 Å². The number of rotatable bonds is 5. The first-order chi connectivity index (χ1) is 6.75. The molecule has 0 spiro atoms. The Hall–Kier alpha value is -0.0800. The highest BCUT2D eigenvalue weighted by molar-refractivity contribution is 4.82. The highest BCUT2D eigenvalue weighted by Crippen LogP contribution is 2.28. The Balaban J connectivity index is 2.19. The molecule has 1 rings (SSSR count). The molecule has 0 aliphatic heterocycles. The Morgan fingerprint density at radius 3 is 2.43 bits per heavy atom. The molecule has 1 aliphatic carbocycles. The van der Waals surface area contributed by atoms with Gasteiger partial charge in [0.15, 0.2) is 0 Å². The molecule has 2 unspecified atom stereocenters. The molecule has 0 saturated heterocycles. The summed E-state index contributed by atoms with van der Waals surface area (Å²) in [4.78, 5) is 0. The molecule has 0 radical (unpaired) electrons. The lowest BCUT2D eigenvalue weighted by molar-refractivity contribution is 0.133. The van der Waals surface area contributed by atoms with E-state index in [2.05, 4.69) is 19.2 Å². The van der Waals surface area contributed by atoms with Crippen molar-refractivity contribution in [3.05, 3.63) is 0 Å². The van der Waals surface area contributed by atoms with Crippen LogP contribution in [0.3, 0.4) is 0 Å². The molecule has 0 amide bonds. The van der Waals surface area contributed by atoms with Crippen LogP contribution in [-0.2, 0) is 4.74 Å². The fourth-order valence-electron chi connectivity index (χ4n) is 2.53. The SMILES string of the molecule is CCOCCNC1C(C)CCCC1C. The highest BCUT2D eigenvalue weighted by Gasteiger charge is 2.26. The maximum Gasteiger partial charge on any atom is 0.0590 e. The fraction of sp³-hybridized carbons (Fsp3) is 1.00. The second-order valence-corrected chi connectivity index (χ2v) is 4.56. The van der Waals surface area contributed by atoms with E-state index in [4.69, 9.17) is 4.74 Å². The highest BCUT2D eigenvalue weighted by atomic mass is 16.5. The molecule has 14 heavy (non-hydrogen) atoms. The van der Waals surface area contributed by atoms with Gasteiger partial charge >= 0.3 is 0 Å². The van der Waals surface area contributed by atoms with Crippen molar-refractivity contribution >= 4 is 0 Å². The number of ether oxygens (including phenoxy) is 1. The fourth-order valence-corrected chi connectivity index (χ4v) is 2.53. The second-order valence-electron chi connectivity index (χ2n) is 4.56. The predicted octanol–water partition coefficient (Wildman–Crippen LogP) is 2.44. The average Bonchev–Trinajstić information content (AvgIpc) is 2.16. The smallest absolute Gasteiger partial charge is 0.0590 e. The summed E-state index contributed by atoms with van der Waals surface area (Å²) < 4.78 is 5.33. The van der Waals surface area contributed by atoms with Gasteiger partial charge in [0, 0.05) is 19.2 Å². The lowest BCUT2D eigenvalue weighted by Gasteiger charge is -2.35. The standard InChI is InChI=1S/C12H25NO/c1-4-14-9-8-13-12-10(2)6-5-7-11(12)3/h10-13H,4-9H2,1-3H3. The Morgan fingerprint density at radius 1 is 1.21 bits per heavy atom. The van der Waals surface area contributed by atoms with Gasteiger partial charge < -0.3 is 10.1 Å². The lowest BCUT2D eigenvalue weighted by Crippen LogP contribution is -2.44. The van der Waals surface area contributed by atoms with Crippen LogP contribution in [0.1, 0.15) is 40.0 Å². The summed E-state index contributed by atoms with van der Waals surface area (Å²) in [5, 5.41) is 3.63. The monoisotopic (exact) mass is 199 g/mol. The third-order valence-electron chi connectivity index (χ3n) is 3.38. The van der Waals surface area contributed by atoms with Gasteiger partial charge in [-0.15, -0.1) is 0 Å². The van der Waals surface area contributed by atoms with E-state index in [0.29, 0.717) is 6.04 Å². The van der Waals surface area contributed by atoms with Gasteiger partial charge in [-0.3, -0.25) is 0 Å². The summed E-state index contributed by atoms with van der Waals surface area (Å²) in [6.07, 6.45) is 4.18. The van der Waals surface area contributed by atoms with Gasteiger partial charge in [-0.05, 0) is 31.6 Å². The molecule has 1 N–H and O–H groups in total. The largest absolute Gasteiger partial charge is 0.380 e. The topological polar surface area (TPSA) is 21.3 Å². The van der Waals surface area contributed by atoms with Crippen LogP contribution in [0.5, 0.6) is 0 Å². The van der Waals surface area contributed by atoms with Crippen molar-refractivity contribution in [1.29, 1.82) is 0 Å². The van der Waals surface area contributed by atoms with Crippen LogP contribution in [0.2, 0.25) is 0 Å². The van der Waals surface area contributed by atoms with Crippen LogP contribution in [0.15, 0.2) is 0 Å². The van der Waals surface area contributed by atoms with Gasteiger partial charge in [0.2, 0.25) is 0 Å². The van der Waals surface area contributed by atoms with Crippen LogP contribution in [0.25, 0.3) is 0 Å². The van der Waals surface area contributed by atoms with Gasteiger partial charge in [-0.2, -0.15) is 0 Å². The Bertz CT molecular complexity index is 139. The zero-order valence-corrected chi connectivity index (χ0v) is 9.88. The Labute approximate surface area is 88.4 Å². The summed E-state index contributed by atoms with van der Waals surface area (Å²) in [5.41, 5.74) is 0. The molecule has 2 heteroatoms. The molecule has 2 atom stereocenters. The molecule has 1 aliphatic rings. The van der Waals surface area contributed by atoms with Gasteiger partial charge in [-0.25, -0.2) is 0 Å². The third kappa shape index (κ3) is 3.58. The minimum atomic E-state index is 0.712. The zero-order valence-electron chi connectivity index (χ0n) is 9.88. The molecule has 0 aromatic heterocycles. The van der Waals surface area contributed by atoms with E-state index in [1.54, 1.807) is 0 Å². The van der Waals surface area contributed by atoms with Crippen LogP contribution in [-0.4, -0.2) is 25.8 Å². The normalized spacial score (nSPS) is 33.2. The summed E-state index contributed by atoms with van der Waals surface area (Å²) >= 11 is 0. The minimum Gasteiger partial charge on any atom is -0.380 e. The molecule has 2 nitrogen and oxygen atoms in total. The first-order valence-electron chi connectivity index (χ1n) is 6.06. The van der Waals surface area contributed by atoms with Crippen LogP contribution in [0.4, 0.5) is 0 Å². The minimum absolute atomic E-state index is 0.712. The van der Waals surface area contributed by atoms with Crippen molar-refractivity contribution < 1.29 is 4.74 Å². The number of hydrogen-bond donors (Lipinski definition) is 1. The molecule has 0 aromatic carbocycles. The van der Waals surface area contributed by atoms with Crippen molar-refractivity contribution in [3.8, 4) is 0 Å². The molecular formula is C12H25NO. The van der Waals surface area contributed by atoms with Crippen LogP contribution in [0, 0.1) is 11.8 Å². The lowest BCUT2D eigenvalue weighted by atomic mass is 9.79. The summed E-state index contributed by atoms with van der Waals surface area (Å²) in [6.45, 7) is 9.48. The first kappa shape index (κ1) is 12.0. The number of hydrogen-bond acceptors (Lipinski definition) is 2. The molecular weight excluding hydrogens is 174 g/mol. The number of nitrogens with one attached hydrogen (secondary N) is 1. The van der Waals surface area contributed by atoms with E-state index in [0.717, 1.165) is 31.6 Å². The van der Waals surface area contributed by atoms with Crippen molar-refractivity contribution in [2.24, 2.45) is 11.8 Å². The summed E-state index contributed by atoms with van der Waals surface area (Å²) in [5.74, 6) is 1.67. The quantitative estimate of drug-likeness (QED) is 0.687. The molecule has 0 aromatic rings.